The summed E-state index contributed by atoms with van der Waals surface area (Å²) < 4.78 is 0. The fraction of sp³-hybridized carbons (Fsp3) is 1.00. The molecule has 0 heterocycles. The average molecular weight is 197 g/mol. The highest BCUT2D eigenvalue weighted by Crippen LogP contribution is 2.33. The van der Waals surface area contributed by atoms with E-state index in [1.165, 1.54) is 33.3 Å². The van der Waals surface area contributed by atoms with E-state index in [4.69, 9.17) is 0 Å². The summed E-state index contributed by atoms with van der Waals surface area (Å²) in [6.45, 7) is 16.5. The Balaban J connectivity index is 4.12. The van der Waals surface area contributed by atoms with Gasteiger partial charge in [0.05, 0.1) is 0 Å². The molecule has 0 spiro atoms. The van der Waals surface area contributed by atoms with Gasteiger partial charge in [-0.1, -0.05) is 41.5 Å². The third-order valence-corrected chi connectivity index (χ3v) is 3.27. The molecule has 2 heteroatoms. The molecule has 0 radical (unpaired) electrons. The van der Waals surface area contributed by atoms with Crippen molar-refractivity contribution >= 4 is 7.41 Å². The minimum Gasteiger partial charge on any atom is -0.345 e. The van der Waals surface area contributed by atoms with Crippen LogP contribution in [0.3, 0.4) is 0 Å². The molecule has 0 unspecified atom stereocenters. The van der Waals surface area contributed by atoms with E-state index in [-0.39, 0.29) is 0 Å². The van der Waals surface area contributed by atoms with Gasteiger partial charge in [0.15, 0.2) is 0 Å². The maximum Gasteiger partial charge on any atom is 0.210 e. The van der Waals surface area contributed by atoms with Crippen LogP contribution in [0, 0.1) is 5.92 Å². The van der Waals surface area contributed by atoms with Gasteiger partial charge >= 0.3 is 0 Å². The highest BCUT2D eigenvalue weighted by molar-refractivity contribution is 6.36. The Bertz CT molecular complexity index is 137. The van der Waals surface area contributed by atoms with Gasteiger partial charge in [-0.05, 0) is 37.2 Å². The van der Waals surface area contributed by atoms with Crippen LogP contribution in [0.2, 0.25) is 5.31 Å². The fourth-order valence-corrected chi connectivity index (χ4v) is 1.66. The second-order valence-corrected chi connectivity index (χ2v) is 5.42. The van der Waals surface area contributed by atoms with E-state index in [1.54, 1.807) is 0 Å². The Morgan fingerprint density at radius 3 is 1.79 bits per heavy atom. The Morgan fingerprint density at radius 2 is 1.50 bits per heavy atom. The molecule has 0 aliphatic heterocycles. The second kappa shape index (κ2) is 6.50. The molecule has 0 atom stereocenters. The lowest BCUT2D eigenvalue weighted by Gasteiger charge is -2.34. The first-order valence-electron chi connectivity index (χ1n) is 6.16. The molecule has 0 aromatic carbocycles. The van der Waals surface area contributed by atoms with Crippen molar-refractivity contribution in [2.45, 2.75) is 59.7 Å². The zero-order valence-electron chi connectivity index (χ0n) is 11.1. The van der Waals surface area contributed by atoms with E-state index in [1.807, 2.05) is 0 Å². The Labute approximate surface area is 91.5 Å². The standard InChI is InChI=1S/C12H28BN/c1-7-9-14(10-8-2)13-12(5,6)11(3)4/h11,13H,7-10H2,1-6H3. The molecule has 0 aliphatic rings. The van der Waals surface area contributed by atoms with Crippen molar-refractivity contribution in [3.63, 3.8) is 0 Å². The van der Waals surface area contributed by atoms with Crippen molar-refractivity contribution in [1.29, 1.82) is 0 Å². The van der Waals surface area contributed by atoms with E-state index >= 15 is 0 Å². The molecular formula is C12H28BN. The maximum absolute atomic E-state index is 2.61. The summed E-state index contributed by atoms with van der Waals surface area (Å²) in [6, 6.07) is 0. The third kappa shape index (κ3) is 5.04. The van der Waals surface area contributed by atoms with Crippen molar-refractivity contribution in [3.8, 4) is 0 Å². The molecule has 0 aromatic heterocycles. The molecule has 0 amide bonds. The monoisotopic (exact) mass is 197 g/mol. The highest BCUT2D eigenvalue weighted by atomic mass is 15.0. The van der Waals surface area contributed by atoms with Crippen LogP contribution in [0.25, 0.3) is 0 Å². The molecule has 0 rings (SSSR count). The van der Waals surface area contributed by atoms with Crippen molar-refractivity contribution in [3.05, 3.63) is 0 Å². The molecule has 1 nitrogen and oxygen atoms in total. The van der Waals surface area contributed by atoms with Gasteiger partial charge < -0.3 is 4.81 Å². The summed E-state index contributed by atoms with van der Waals surface area (Å²) in [6.07, 6.45) is 2.54. The number of rotatable bonds is 7. The SMILES string of the molecule is CCCN(BC(C)(C)C(C)C)CCC. The first-order chi connectivity index (χ1) is 6.44. The highest BCUT2D eigenvalue weighted by Gasteiger charge is 2.26. The van der Waals surface area contributed by atoms with Crippen LogP contribution in [0.1, 0.15) is 54.4 Å². The summed E-state index contributed by atoms with van der Waals surface area (Å²) in [5, 5.41) is 0.449. The summed E-state index contributed by atoms with van der Waals surface area (Å²) >= 11 is 0. The van der Waals surface area contributed by atoms with E-state index in [0.29, 0.717) is 5.31 Å². The lowest BCUT2D eigenvalue weighted by Crippen LogP contribution is -2.37. The van der Waals surface area contributed by atoms with Gasteiger partial charge in [-0.25, -0.2) is 0 Å². The number of hydrogen-bond donors (Lipinski definition) is 0. The van der Waals surface area contributed by atoms with Gasteiger partial charge in [-0.3, -0.25) is 0 Å². The predicted octanol–water partition coefficient (Wildman–Crippen LogP) is 3.31. The van der Waals surface area contributed by atoms with Gasteiger partial charge in [-0.15, -0.1) is 0 Å². The van der Waals surface area contributed by atoms with Crippen molar-refractivity contribution in [2.75, 3.05) is 13.1 Å². The Hall–Kier alpha value is 0.0249. The van der Waals surface area contributed by atoms with Crippen molar-refractivity contribution in [1.82, 2.24) is 4.81 Å². The second-order valence-electron chi connectivity index (χ2n) is 5.42. The largest absolute Gasteiger partial charge is 0.345 e. The molecule has 0 saturated heterocycles. The van der Waals surface area contributed by atoms with Crippen LogP contribution in [0.15, 0.2) is 0 Å². The topological polar surface area (TPSA) is 3.24 Å². The minimum absolute atomic E-state index is 0.449. The van der Waals surface area contributed by atoms with Crippen molar-refractivity contribution < 1.29 is 0 Å². The van der Waals surface area contributed by atoms with E-state index in [0.717, 1.165) is 5.92 Å². The summed E-state index contributed by atoms with van der Waals surface area (Å²) in [4.78, 5) is 2.61. The van der Waals surface area contributed by atoms with E-state index in [2.05, 4.69) is 46.4 Å². The first kappa shape index (κ1) is 14.0. The lowest BCUT2D eigenvalue weighted by molar-refractivity contribution is 0.387. The molecule has 0 fully saturated rings. The average Bonchev–Trinajstić information content (AvgIpc) is 2.04. The van der Waals surface area contributed by atoms with Crippen LogP contribution in [0.4, 0.5) is 0 Å². The first-order valence-corrected chi connectivity index (χ1v) is 6.16. The quantitative estimate of drug-likeness (QED) is 0.566. The summed E-state index contributed by atoms with van der Waals surface area (Å²) in [7, 11) is 1.24. The smallest absolute Gasteiger partial charge is 0.210 e. The van der Waals surface area contributed by atoms with Crippen LogP contribution >= 0.6 is 0 Å². The molecule has 0 aliphatic carbocycles. The molecular weight excluding hydrogens is 169 g/mol. The fourth-order valence-electron chi connectivity index (χ4n) is 1.66. The minimum atomic E-state index is 0.449. The zero-order chi connectivity index (χ0) is 11.2. The van der Waals surface area contributed by atoms with Gasteiger partial charge in [-0.2, -0.15) is 0 Å². The molecule has 84 valence electrons. The van der Waals surface area contributed by atoms with Gasteiger partial charge in [0, 0.05) is 0 Å². The lowest BCUT2D eigenvalue weighted by atomic mass is 9.56. The van der Waals surface area contributed by atoms with Gasteiger partial charge in [0.1, 0.15) is 0 Å². The predicted molar refractivity (Wildman–Crippen MR) is 68.2 cm³/mol. The Kier molecular flexibility index (Phi) is 6.51. The number of hydrogen-bond acceptors (Lipinski definition) is 1. The molecule has 0 saturated carbocycles. The maximum atomic E-state index is 2.61. The summed E-state index contributed by atoms with van der Waals surface area (Å²) in [5.41, 5.74) is 0. The van der Waals surface area contributed by atoms with E-state index in [9.17, 15) is 0 Å². The van der Waals surface area contributed by atoms with Crippen LogP contribution in [-0.4, -0.2) is 25.3 Å². The van der Waals surface area contributed by atoms with Gasteiger partial charge in [0.25, 0.3) is 0 Å². The molecule has 0 N–H and O–H groups in total. The van der Waals surface area contributed by atoms with Gasteiger partial charge in [0.2, 0.25) is 7.41 Å². The van der Waals surface area contributed by atoms with Crippen LogP contribution in [0.5, 0.6) is 0 Å². The van der Waals surface area contributed by atoms with Crippen molar-refractivity contribution in [2.24, 2.45) is 5.92 Å². The summed E-state index contributed by atoms with van der Waals surface area (Å²) in [5.74, 6) is 0.763. The normalized spacial score (nSPS) is 12.6. The van der Waals surface area contributed by atoms with Crippen LogP contribution in [-0.2, 0) is 0 Å². The van der Waals surface area contributed by atoms with E-state index < -0.39 is 0 Å². The third-order valence-electron chi connectivity index (χ3n) is 3.27. The number of nitrogens with zero attached hydrogens (tertiary/aromatic N) is 1. The molecule has 14 heavy (non-hydrogen) atoms. The zero-order valence-corrected chi connectivity index (χ0v) is 11.1. The molecule has 0 bridgehead atoms. The van der Waals surface area contributed by atoms with Crippen LogP contribution < -0.4 is 0 Å². The Morgan fingerprint density at radius 1 is 1.07 bits per heavy atom. The molecule has 0 aromatic rings.